The topological polar surface area (TPSA) is 81.9 Å². The number of hydrogen-bond donors (Lipinski definition) is 2. The van der Waals surface area contributed by atoms with E-state index in [1.807, 2.05) is 30.3 Å². The number of piperidine rings is 1. The van der Waals surface area contributed by atoms with E-state index >= 15 is 0 Å². The molecule has 4 rings (SSSR count). The summed E-state index contributed by atoms with van der Waals surface area (Å²) in [5, 5.41) is 6.52. The van der Waals surface area contributed by atoms with Gasteiger partial charge in [0.25, 0.3) is 0 Å². The number of rotatable bonds is 5. The molecule has 2 saturated heterocycles. The molecule has 1 amide bonds. The van der Waals surface area contributed by atoms with E-state index in [9.17, 15) is 31.1 Å². The Labute approximate surface area is 216 Å². The summed E-state index contributed by atoms with van der Waals surface area (Å²) in [5.74, 6) is -0.00565. The quantitative estimate of drug-likeness (QED) is 0.490. The first-order chi connectivity index (χ1) is 16.3. The van der Waals surface area contributed by atoms with E-state index in [2.05, 4.69) is 10.6 Å². The molecule has 2 aromatic carbocycles. The molecule has 1 unspecified atom stereocenters. The maximum atomic E-state index is 13.3. The van der Waals surface area contributed by atoms with Gasteiger partial charge in [0.2, 0.25) is 5.91 Å². The minimum absolute atomic E-state index is 0. The van der Waals surface area contributed by atoms with Crippen molar-refractivity contribution < 1.29 is 41.4 Å². The normalized spacial score (nSPS) is 24.7. The van der Waals surface area contributed by atoms with Gasteiger partial charge in [0.05, 0.1) is 34.9 Å². The molecule has 5 nitrogen and oxygen atoms in total. The first-order valence-corrected chi connectivity index (χ1v) is 11.3. The molecule has 2 aromatic rings. The Kier molecular flexibility index (Phi) is 9.33. The van der Waals surface area contributed by atoms with Gasteiger partial charge in [-0.2, -0.15) is 26.3 Å². The summed E-state index contributed by atoms with van der Waals surface area (Å²) in [4.78, 5) is 11.8. The Hall–Kier alpha value is -2.34. The van der Waals surface area contributed by atoms with Crippen molar-refractivity contribution in [2.24, 2.45) is 0 Å². The van der Waals surface area contributed by atoms with Crippen molar-refractivity contribution in [3.8, 4) is 0 Å². The molecular formula is C25H29ClF6N2O3. The highest BCUT2D eigenvalue weighted by Crippen LogP contribution is 2.40. The lowest BCUT2D eigenvalue weighted by molar-refractivity contribution is -0.143. The molecule has 0 saturated carbocycles. The van der Waals surface area contributed by atoms with Crippen LogP contribution in [0, 0.1) is 0 Å². The fourth-order valence-electron chi connectivity index (χ4n) is 4.85. The fraction of sp³-hybridized carbons (Fsp3) is 0.480. The molecule has 0 aliphatic carbocycles. The number of carbonyl (C=O) groups is 1. The maximum Gasteiger partial charge on any atom is 0.416 e. The van der Waals surface area contributed by atoms with Gasteiger partial charge in [0.1, 0.15) is 0 Å². The van der Waals surface area contributed by atoms with Gasteiger partial charge < -0.3 is 20.8 Å². The number of halogens is 7. The minimum Gasteiger partial charge on any atom is -0.412 e. The molecular weight excluding hydrogens is 526 g/mol. The second-order valence-electron chi connectivity index (χ2n) is 9.42. The Morgan fingerprint density at radius 2 is 1.54 bits per heavy atom. The summed E-state index contributed by atoms with van der Waals surface area (Å²) in [7, 11) is 0. The summed E-state index contributed by atoms with van der Waals surface area (Å²) < 4.78 is 85.6. The van der Waals surface area contributed by atoms with E-state index < -0.39 is 35.1 Å². The molecule has 3 atom stereocenters. The van der Waals surface area contributed by atoms with Gasteiger partial charge in [-0.3, -0.25) is 4.79 Å². The smallest absolute Gasteiger partial charge is 0.412 e. The number of alkyl halides is 6. The highest BCUT2D eigenvalue weighted by molar-refractivity contribution is 5.85. The van der Waals surface area contributed by atoms with E-state index in [1.54, 1.807) is 0 Å². The van der Waals surface area contributed by atoms with Crippen LogP contribution >= 0.6 is 12.4 Å². The highest BCUT2D eigenvalue weighted by atomic mass is 35.5. The Bertz CT molecular complexity index is 1040. The van der Waals surface area contributed by atoms with Crippen LogP contribution in [0.5, 0.6) is 0 Å². The van der Waals surface area contributed by atoms with Crippen molar-refractivity contribution in [1.29, 1.82) is 0 Å². The zero-order valence-corrected chi connectivity index (χ0v) is 20.7. The number of nitrogens with one attached hydrogen (secondary N) is 2. The van der Waals surface area contributed by atoms with Crippen molar-refractivity contribution >= 4 is 18.3 Å². The van der Waals surface area contributed by atoms with Crippen molar-refractivity contribution in [2.75, 3.05) is 13.2 Å². The molecule has 1 spiro atoms. The monoisotopic (exact) mass is 554 g/mol. The predicted octanol–water partition coefficient (Wildman–Crippen LogP) is 5.33. The zero-order chi connectivity index (χ0) is 25.5. The van der Waals surface area contributed by atoms with E-state index in [1.165, 1.54) is 6.92 Å². The van der Waals surface area contributed by atoms with Crippen LogP contribution in [-0.2, 0) is 27.4 Å². The number of amides is 1. The predicted molar refractivity (Wildman–Crippen MR) is 127 cm³/mol. The standard InChI is InChI=1S/C25H26F6N2O2.ClH.H2O/c1-16(17-11-19(24(26,27)28)13-20(12-17)25(29,30)31)35-15-23(18-5-3-2-4-6-18)10-9-22(14-32-23)8-7-21(34)33-22;;/h2-6,11-13,16,32H,7-10,14-15H2,1H3,(H,33,34);1H;1H2/t16?,22-,23-;;/m1../s1. The van der Waals surface area contributed by atoms with E-state index in [-0.39, 0.29) is 47.6 Å². The number of ether oxygens (including phenoxy) is 1. The number of benzene rings is 2. The number of carbonyl (C=O) groups excluding carboxylic acids is 1. The van der Waals surface area contributed by atoms with E-state index in [0.717, 1.165) is 5.56 Å². The highest BCUT2D eigenvalue weighted by Gasteiger charge is 2.47. The van der Waals surface area contributed by atoms with Crippen LogP contribution in [0.2, 0.25) is 0 Å². The lowest BCUT2D eigenvalue weighted by atomic mass is 9.76. The third-order valence-electron chi connectivity index (χ3n) is 7.02. The summed E-state index contributed by atoms with van der Waals surface area (Å²) >= 11 is 0. The zero-order valence-electron chi connectivity index (χ0n) is 19.9. The van der Waals surface area contributed by atoms with Crippen LogP contribution in [0.1, 0.15) is 61.0 Å². The van der Waals surface area contributed by atoms with Crippen LogP contribution in [0.3, 0.4) is 0 Å². The third-order valence-corrected chi connectivity index (χ3v) is 7.02. The molecule has 0 bridgehead atoms. The maximum absolute atomic E-state index is 13.3. The van der Waals surface area contributed by atoms with Gasteiger partial charge in [-0.15, -0.1) is 12.4 Å². The van der Waals surface area contributed by atoms with Crippen LogP contribution in [0.4, 0.5) is 26.3 Å². The summed E-state index contributed by atoms with van der Waals surface area (Å²) in [6, 6.07) is 10.9. The van der Waals surface area contributed by atoms with Gasteiger partial charge in [-0.05, 0) is 55.5 Å². The second kappa shape index (κ2) is 11.2. The molecule has 0 aromatic heterocycles. The Balaban J connectivity index is 0.00000241. The second-order valence-corrected chi connectivity index (χ2v) is 9.42. The summed E-state index contributed by atoms with van der Waals surface area (Å²) in [6.45, 7) is 1.95. The lowest BCUT2D eigenvalue weighted by Crippen LogP contribution is -2.61. The first kappa shape index (κ1) is 30.9. The molecule has 0 radical (unpaired) electrons. The summed E-state index contributed by atoms with van der Waals surface area (Å²) in [5.41, 5.74) is -3.11. The Morgan fingerprint density at radius 1 is 0.946 bits per heavy atom. The minimum atomic E-state index is -4.92. The van der Waals surface area contributed by atoms with Gasteiger partial charge in [-0.25, -0.2) is 0 Å². The average molecular weight is 555 g/mol. The molecule has 2 fully saturated rings. The van der Waals surface area contributed by atoms with Crippen molar-refractivity contribution in [3.05, 3.63) is 70.8 Å². The summed E-state index contributed by atoms with van der Waals surface area (Å²) in [6.07, 6.45) is -8.49. The van der Waals surface area contributed by atoms with Crippen molar-refractivity contribution in [2.45, 2.75) is 62.1 Å². The first-order valence-electron chi connectivity index (χ1n) is 11.3. The number of hydrogen-bond acceptors (Lipinski definition) is 3. The van der Waals surface area contributed by atoms with Crippen molar-refractivity contribution in [1.82, 2.24) is 10.6 Å². The van der Waals surface area contributed by atoms with Crippen molar-refractivity contribution in [3.63, 3.8) is 0 Å². The molecule has 37 heavy (non-hydrogen) atoms. The average Bonchev–Trinajstić information content (AvgIpc) is 3.18. The molecule has 2 heterocycles. The van der Waals surface area contributed by atoms with Gasteiger partial charge in [0, 0.05) is 13.0 Å². The third kappa shape index (κ3) is 6.76. The largest absolute Gasteiger partial charge is 0.416 e. The molecule has 206 valence electrons. The molecule has 2 aliphatic rings. The van der Waals surface area contributed by atoms with E-state index in [0.29, 0.717) is 44.4 Å². The van der Waals surface area contributed by atoms with Gasteiger partial charge >= 0.3 is 12.4 Å². The van der Waals surface area contributed by atoms with E-state index in [4.69, 9.17) is 4.74 Å². The SMILES string of the molecule is CC(OC[C@@]1(c2ccccc2)CC[C@]2(CCC(=O)N2)CN1)c1cc(C(F)(F)F)cc(C(F)(F)F)c1.Cl.O. The van der Waals surface area contributed by atoms with Gasteiger partial charge in [0.15, 0.2) is 0 Å². The molecule has 12 heteroatoms. The van der Waals surface area contributed by atoms with Crippen LogP contribution < -0.4 is 10.6 Å². The Morgan fingerprint density at radius 3 is 2.00 bits per heavy atom. The fourth-order valence-corrected chi connectivity index (χ4v) is 4.85. The van der Waals surface area contributed by atoms with Crippen LogP contribution in [0.25, 0.3) is 0 Å². The van der Waals surface area contributed by atoms with Crippen LogP contribution in [0.15, 0.2) is 48.5 Å². The molecule has 4 N–H and O–H groups in total. The van der Waals surface area contributed by atoms with Gasteiger partial charge in [-0.1, -0.05) is 30.3 Å². The molecule has 2 aliphatic heterocycles. The van der Waals surface area contributed by atoms with Crippen LogP contribution in [-0.4, -0.2) is 30.1 Å². The lowest BCUT2D eigenvalue weighted by Gasteiger charge is -2.46.